The van der Waals surface area contributed by atoms with Crippen LogP contribution in [-0.4, -0.2) is 34.0 Å². The molecule has 0 atom stereocenters. The van der Waals surface area contributed by atoms with Crippen LogP contribution in [0.15, 0.2) is 41.7 Å². The minimum Gasteiger partial charge on any atom is -0.409 e. The first-order valence-electron chi connectivity index (χ1n) is 6.26. The molecular formula is C14H18N4O. The first kappa shape index (κ1) is 13.3. The molecule has 19 heavy (non-hydrogen) atoms. The van der Waals surface area contributed by atoms with E-state index in [1.807, 2.05) is 31.2 Å². The first-order valence-corrected chi connectivity index (χ1v) is 6.26. The SMILES string of the molecule is CCN(CC(N)=NO)Cc1cccc2cccnc12. The molecule has 2 rings (SSSR count). The quantitative estimate of drug-likeness (QED) is 0.371. The van der Waals surface area contributed by atoms with Crippen molar-refractivity contribution in [2.45, 2.75) is 13.5 Å². The van der Waals surface area contributed by atoms with Gasteiger partial charge in [-0.1, -0.05) is 36.3 Å². The summed E-state index contributed by atoms with van der Waals surface area (Å²) in [7, 11) is 0. The maximum atomic E-state index is 8.64. The van der Waals surface area contributed by atoms with E-state index >= 15 is 0 Å². The Kier molecular flexibility index (Phi) is 4.30. The van der Waals surface area contributed by atoms with Gasteiger partial charge in [0.2, 0.25) is 0 Å². The molecule has 2 aromatic rings. The summed E-state index contributed by atoms with van der Waals surface area (Å²) in [5, 5.41) is 12.8. The lowest BCUT2D eigenvalue weighted by atomic mass is 10.1. The van der Waals surface area contributed by atoms with Gasteiger partial charge in [0.25, 0.3) is 0 Å². The Labute approximate surface area is 112 Å². The van der Waals surface area contributed by atoms with Gasteiger partial charge >= 0.3 is 0 Å². The molecule has 0 unspecified atom stereocenters. The zero-order chi connectivity index (χ0) is 13.7. The van der Waals surface area contributed by atoms with Crippen LogP contribution in [-0.2, 0) is 6.54 Å². The predicted molar refractivity (Wildman–Crippen MR) is 76.1 cm³/mol. The van der Waals surface area contributed by atoms with E-state index in [0.29, 0.717) is 6.54 Å². The number of likely N-dealkylation sites (N-methyl/N-ethyl adjacent to an activating group) is 1. The second kappa shape index (κ2) is 6.15. The minimum atomic E-state index is 0.218. The molecule has 100 valence electrons. The van der Waals surface area contributed by atoms with E-state index in [1.54, 1.807) is 6.20 Å². The molecule has 0 fully saturated rings. The number of fused-ring (bicyclic) bond motifs is 1. The van der Waals surface area contributed by atoms with E-state index < -0.39 is 0 Å². The highest BCUT2D eigenvalue weighted by Gasteiger charge is 2.09. The lowest BCUT2D eigenvalue weighted by Gasteiger charge is -2.20. The van der Waals surface area contributed by atoms with E-state index in [-0.39, 0.29) is 5.84 Å². The Morgan fingerprint density at radius 1 is 1.37 bits per heavy atom. The summed E-state index contributed by atoms with van der Waals surface area (Å²) in [4.78, 5) is 6.53. The van der Waals surface area contributed by atoms with E-state index in [2.05, 4.69) is 21.1 Å². The van der Waals surface area contributed by atoms with E-state index in [0.717, 1.165) is 29.6 Å². The van der Waals surface area contributed by atoms with Crippen molar-refractivity contribution in [3.8, 4) is 0 Å². The Morgan fingerprint density at radius 2 is 2.16 bits per heavy atom. The van der Waals surface area contributed by atoms with Gasteiger partial charge in [-0.3, -0.25) is 9.88 Å². The van der Waals surface area contributed by atoms with Crippen LogP contribution in [0.1, 0.15) is 12.5 Å². The number of pyridine rings is 1. The van der Waals surface area contributed by atoms with Crippen molar-refractivity contribution in [2.24, 2.45) is 10.9 Å². The lowest BCUT2D eigenvalue weighted by molar-refractivity contribution is 0.295. The molecule has 0 aliphatic heterocycles. The first-order chi connectivity index (χ1) is 9.24. The average Bonchev–Trinajstić information content (AvgIpc) is 2.46. The summed E-state index contributed by atoms with van der Waals surface area (Å²) in [6.45, 7) is 4.03. The molecule has 0 aliphatic carbocycles. The van der Waals surface area contributed by atoms with Crippen molar-refractivity contribution in [2.75, 3.05) is 13.1 Å². The number of nitrogens with two attached hydrogens (primary N) is 1. The Morgan fingerprint density at radius 3 is 2.89 bits per heavy atom. The molecular weight excluding hydrogens is 240 g/mol. The fraction of sp³-hybridized carbons (Fsp3) is 0.286. The van der Waals surface area contributed by atoms with Crippen molar-refractivity contribution in [3.63, 3.8) is 0 Å². The van der Waals surface area contributed by atoms with Gasteiger partial charge in [0, 0.05) is 18.1 Å². The van der Waals surface area contributed by atoms with Crippen LogP contribution < -0.4 is 5.73 Å². The molecule has 0 spiro atoms. The average molecular weight is 258 g/mol. The van der Waals surface area contributed by atoms with Crippen LogP contribution in [0.2, 0.25) is 0 Å². The van der Waals surface area contributed by atoms with E-state index in [9.17, 15) is 0 Å². The van der Waals surface area contributed by atoms with Crippen LogP contribution in [0.4, 0.5) is 0 Å². The summed E-state index contributed by atoms with van der Waals surface area (Å²) in [6, 6.07) is 10.1. The molecule has 0 aliphatic rings. The fourth-order valence-electron chi connectivity index (χ4n) is 2.08. The predicted octanol–water partition coefficient (Wildman–Crippen LogP) is 1.80. The number of para-hydroxylation sites is 1. The van der Waals surface area contributed by atoms with Crippen LogP contribution in [0.3, 0.4) is 0 Å². The number of hydrogen-bond acceptors (Lipinski definition) is 4. The molecule has 5 heteroatoms. The lowest BCUT2D eigenvalue weighted by Crippen LogP contribution is -2.33. The maximum Gasteiger partial charge on any atom is 0.153 e. The number of rotatable bonds is 5. The van der Waals surface area contributed by atoms with Gasteiger partial charge in [-0.15, -0.1) is 0 Å². The second-order valence-corrected chi connectivity index (χ2v) is 4.39. The highest BCUT2D eigenvalue weighted by molar-refractivity contribution is 5.82. The molecule has 0 amide bonds. The van der Waals surface area contributed by atoms with Gasteiger partial charge in [0.05, 0.1) is 12.1 Å². The van der Waals surface area contributed by atoms with Crippen molar-refractivity contribution in [1.82, 2.24) is 9.88 Å². The summed E-state index contributed by atoms with van der Waals surface area (Å²) < 4.78 is 0. The van der Waals surface area contributed by atoms with Gasteiger partial charge in [0.1, 0.15) is 0 Å². The van der Waals surface area contributed by atoms with Crippen LogP contribution in [0.25, 0.3) is 10.9 Å². The molecule has 1 heterocycles. The Bertz CT molecular complexity index is 577. The molecule has 5 nitrogen and oxygen atoms in total. The third kappa shape index (κ3) is 3.20. The molecule has 1 aromatic heterocycles. The van der Waals surface area contributed by atoms with E-state index in [1.165, 1.54) is 0 Å². The van der Waals surface area contributed by atoms with Crippen LogP contribution in [0.5, 0.6) is 0 Å². The van der Waals surface area contributed by atoms with Gasteiger partial charge in [0.15, 0.2) is 5.84 Å². The number of hydrogen-bond donors (Lipinski definition) is 2. The third-order valence-corrected chi connectivity index (χ3v) is 3.07. The number of benzene rings is 1. The monoisotopic (exact) mass is 258 g/mol. The van der Waals surface area contributed by atoms with Gasteiger partial charge < -0.3 is 10.9 Å². The molecule has 3 N–H and O–H groups in total. The van der Waals surface area contributed by atoms with Crippen LogP contribution >= 0.6 is 0 Å². The fourth-order valence-corrected chi connectivity index (χ4v) is 2.08. The minimum absolute atomic E-state index is 0.218. The molecule has 0 bridgehead atoms. The number of nitrogens with zero attached hydrogens (tertiary/aromatic N) is 3. The number of aromatic nitrogens is 1. The number of oxime groups is 1. The van der Waals surface area contributed by atoms with Crippen molar-refractivity contribution in [1.29, 1.82) is 0 Å². The molecule has 0 saturated carbocycles. The summed E-state index contributed by atoms with van der Waals surface area (Å²) in [5.74, 6) is 0.218. The number of amidine groups is 1. The maximum absolute atomic E-state index is 8.64. The largest absolute Gasteiger partial charge is 0.409 e. The smallest absolute Gasteiger partial charge is 0.153 e. The van der Waals surface area contributed by atoms with Gasteiger partial charge in [-0.25, -0.2) is 0 Å². The summed E-state index contributed by atoms with van der Waals surface area (Å²) >= 11 is 0. The zero-order valence-electron chi connectivity index (χ0n) is 11.0. The molecule has 0 radical (unpaired) electrons. The second-order valence-electron chi connectivity index (χ2n) is 4.39. The highest BCUT2D eigenvalue weighted by Crippen LogP contribution is 2.17. The van der Waals surface area contributed by atoms with Crippen LogP contribution in [0, 0.1) is 0 Å². The standard InChI is InChI=1S/C14H18N4O/c1-2-18(10-13(15)17-19)9-12-6-3-5-11-7-4-8-16-14(11)12/h3-8,19H,2,9-10H2,1H3,(H2,15,17). The molecule has 1 aromatic carbocycles. The Hall–Kier alpha value is -2.14. The Balaban J connectivity index is 2.24. The normalized spacial score (nSPS) is 12.2. The van der Waals surface area contributed by atoms with Gasteiger partial charge in [-0.2, -0.15) is 0 Å². The van der Waals surface area contributed by atoms with Gasteiger partial charge in [-0.05, 0) is 18.2 Å². The summed E-state index contributed by atoms with van der Waals surface area (Å²) in [5.41, 5.74) is 7.71. The summed E-state index contributed by atoms with van der Waals surface area (Å²) in [6.07, 6.45) is 1.80. The van der Waals surface area contributed by atoms with Crippen molar-refractivity contribution < 1.29 is 5.21 Å². The third-order valence-electron chi connectivity index (χ3n) is 3.07. The highest BCUT2D eigenvalue weighted by atomic mass is 16.4. The topological polar surface area (TPSA) is 74.7 Å². The van der Waals surface area contributed by atoms with E-state index in [4.69, 9.17) is 10.9 Å². The van der Waals surface area contributed by atoms with Crippen molar-refractivity contribution in [3.05, 3.63) is 42.1 Å². The zero-order valence-corrected chi connectivity index (χ0v) is 11.0. The van der Waals surface area contributed by atoms with Crippen molar-refractivity contribution >= 4 is 16.7 Å². The molecule has 0 saturated heterocycles.